The molecule has 0 spiro atoms. The summed E-state index contributed by atoms with van der Waals surface area (Å²) in [6.07, 6.45) is 1.99. The van der Waals surface area contributed by atoms with Crippen LogP contribution in [0.25, 0.3) is 10.8 Å². The summed E-state index contributed by atoms with van der Waals surface area (Å²) >= 11 is 0. The molecule has 0 unspecified atom stereocenters. The fourth-order valence-electron chi connectivity index (χ4n) is 7.49. The topological polar surface area (TPSA) is 103 Å². The number of halogens is 2. The summed E-state index contributed by atoms with van der Waals surface area (Å²) in [6, 6.07) is 13.3. The van der Waals surface area contributed by atoms with Crippen LogP contribution in [0.3, 0.4) is 0 Å². The number of aryl methyl sites for hydroxylation is 2. The zero-order chi connectivity index (χ0) is 34.3. The molecule has 3 aliphatic heterocycles. The van der Waals surface area contributed by atoms with Crippen LogP contribution in [-0.2, 0) is 34.2 Å². The van der Waals surface area contributed by atoms with Crippen LogP contribution in [0.2, 0.25) is 0 Å². The van der Waals surface area contributed by atoms with E-state index >= 15 is 4.39 Å². The van der Waals surface area contributed by atoms with Crippen molar-refractivity contribution < 1.29 is 35.6 Å². The van der Waals surface area contributed by atoms with Crippen LogP contribution < -0.4 is 18.6 Å². The molecule has 2 atom stereocenters. The summed E-state index contributed by atoms with van der Waals surface area (Å²) in [5, 5.41) is 1.58. The second-order valence-electron chi connectivity index (χ2n) is 13.1. The van der Waals surface area contributed by atoms with Gasteiger partial charge in [0.15, 0.2) is 6.79 Å². The Morgan fingerprint density at radius 3 is 2.65 bits per heavy atom. The molecule has 2 fully saturated rings. The Morgan fingerprint density at radius 1 is 1.06 bits per heavy atom. The summed E-state index contributed by atoms with van der Waals surface area (Å²) in [4.78, 5) is 13.5. The summed E-state index contributed by atoms with van der Waals surface area (Å²) < 4.78 is 79.5. The van der Waals surface area contributed by atoms with E-state index in [0.29, 0.717) is 54.9 Å². The van der Waals surface area contributed by atoms with Crippen LogP contribution >= 0.6 is 0 Å². The Hall–Kier alpha value is -4.07. The van der Waals surface area contributed by atoms with Crippen molar-refractivity contribution in [2.24, 2.45) is 0 Å². The van der Waals surface area contributed by atoms with Crippen LogP contribution in [0.1, 0.15) is 48.6 Å². The number of hydrogen-bond donors (Lipinski definition) is 0. The molecule has 1 aromatic heterocycles. The predicted molar refractivity (Wildman–Crippen MR) is 180 cm³/mol. The van der Waals surface area contributed by atoms with E-state index in [4.69, 9.17) is 23.4 Å². The maximum atomic E-state index is 15.2. The number of fused-ring (bicyclic) bond motifs is 3. The lowest BCUT2D eigenvalue weighted by atomic mass is 9.95. The SMILES string of the molecule is CCc1c(F)ccc2cc(OCOC)cc(N3CCc4c(nc(OC[C@@]56CCCN5C[C@H](F)C6)nc4OS(=O)(=O)c4ccc(C)cc4)C3)c12. The van der Waals surface area contributed by atoms with Crippen molar-refractivity contribution in [1.82, 2.24) is 14.9 Å². The Balaban J connectivity index is 1.28. The third-order valence-corrected chi connectivity index (χ3v) is 11.1. The number of nitrogens with zero attached hydrogens (tertiary/aromatic N) is 4. The number of rotatable bonds is 11. The van der Waals surface area contributed by atoms with Gasteiger partial charge < -0.3 is 23.3 Å². The summed E-state index contributed by atoms with van der Waals surface area (Å²) in [7, 11) is -2.70. The van der Waals surface area contributed by atoms with Gasteiger partial charge in [0.25, 0.3) is 0 Å². The summed E-state index contributed by atoms with van der Waals surface area (Å²) in [5.74, 6) is 0.168. The van der Waals surface area contributed by atoms with Gasteiger partial charge in [0.1, 0.15) is 29.2 Å². The number of hydrogen-bond acceptors (Lipinski definition) is 10. The molecule has 0 amide bonds. The van der Waals surface area contributed by atoms with Crippen LogP contribution in [-0.4, -0.2) is 75.1 Å². The summed E-state index contributed by atoms with van der Waals surface area (Å²) in [6.45, 7) is 5.84. The molecule has 0 saturated carbocycles. The minimum Gasteiger partial charge on any atom is -0.467 e. The molecule has 0 radical (unpaired) electrons. The Labute approximate surface area is 285 Å². The van der Waals surface area contributed by atoms with Crippen LogP contribution in [0.15, 0.2) is 53.4 Å². The van der Waals surface area contributed by atoms with E-state index in [1.807, 2.05) is 26.0 Å². The molecule has 0 aliphatic carbocycles. The highest BCUT2D eigenvalue weighted by atomic mass is 32.2. The lowest BCUT2D eigenvalue weighted by molar-refractivity contribution is 0.0512. The average Bonchev–Trinajstić information content (AvgIpc) is 3.61. The quantitative estimate of drug-likeness (QED) is 0.139. The van der Waals surface area contributed by atoms with Crippen molar-refractivity contribution in [2.45, 2.75) is 69.1 Å². The molecule has 3 aliphatic rings. The van der Waals surface area contributed by atoms with E-state index in [-0.39, 0.29) is 42.5 Å². The monoisotopic (exact) mass is 694 g/mol. The highest BCUT2D eigenvalue weighted by Gasteiger charge is 2.49. The number of anilines is 1. The van der Waals surface area contributed by atoms with E-state index in [1.165, 1.54) is 18.2 Å². The van der Waals surface area contributed by atoms with Crippen molar-refractivity contribution >= 4 is 26.6 Å². The van der Waals surface area contributed by atoms with Crippen molar-refractivity contribution in [3.63, 3.8) is 0 Å². The van der Waals surface area contributed by atoms with Crippen LogP contribution in [0.4, 0.5) is 14.5 Å². The molecule has 260 valence electrons. The number of ether oxygens (including phenoxy) is 3. The van der Waals surface area contributed by atoms with E-state index in [0.717, 1.165) is 41.4 Å². The fourth-order valence-corrected chi connectivity index (χ4v) is 8.40. The molecule has 0 N–H and O–H groups in total. The third-order valence-electron chi connectivity index (χ3n) is 9.89. The molecule has 4 heterocycles. The van der Waals surface area contributed by atoms with E-state index < -0.39 is 21.8 Å². The standard InChI is InChI=1S/C36H40F2N4O6S/c1-4-28-30(38)11-8-24-16-26(47-22-45-3)17-32(33(24)28)41-15-12-29-31(20-41)39-35(46-21-36-13-5-14-42(36)19-25(37)18-36)40-34(29)48-49(43,44)27-9-6-23(2)7-10-27/h6-11,16-17,25H,4-5,12-15,18-22H2,1-3H3/t25-,36+/m1/s1. The number of methoxy groups -OCH3 is 1. The first kappa shape index (κ1) is 33.4. The van der Waals surface area contributed by atoms with Gasteiger partial charge in [-0.2, -0.15) is 18.4 Å². The number of alkyl halides is 1. The van der Waals surface area contributed by atoms with Gasteiger partial charge in [0.2, 0.25) is 5.88 Å². The highest BCUT2D eigenvalue weighted by Crippen LogP contribution is 2.42. The molecule has 0 bridgehead atoms. The molecule has 4 aromatic rings. The first-order valence-electron chi connectivity index (χ1n) is 16.6. The molecule has 13 heteroatoms. The Kier molecular flexibility index (Phi) is 9.09. The van der Waals surface area contributed by atoms with Crippen molar-refractivity contribution in [3.8, 4) is 17.6 Å². The summed E-state index contributed by atoms with van der Waals surface area (Å²) in [5.41, 5.74) is 2.85. The highest BCUT2D eigenvalue weighted by molar-refractivity contribution is 7.87. The van der Waals surface area contributed by atoms with Gasteiger partial charge in [-0.3, -0.25) is 4.90 Å². The van der Waals surface area contributed by atoms with E-state index in [9.17, 15) is 12.8 Å². The lowest BCUT2D eigenvalue weighted by Crippen LogP contribution is -2.43. The van der Waals surface area contributed by atoms with Gasteiger partial charge >= 0.3 is 16.1 Å². The maximum Gasteiger partial charge on any atom is 0.340 e. The number of benzene rings is 3. The predicted octanol–water partition coefficient (Wildman–Crippen LogP) is 5.91. The van der Waals surface area contributed by atoms with Crippen molar-refractivity contribution in [3.05, 3.63) is 76.7 Å². The zero-order valence-electron chi connectivity index (χ0n) is 27.9. The second kappa shape index (κ2) is 13.3. The fraction of sp³-hybridized carbons (Fsp3) is 0.444. The van der Waals surface area contributed by atoms with E-state index in [1.54, 1.807) is 25.3 Å². The third kappa shape index (κ3) is 6.51. The van der Waals surface area contributed by atoms with Crippen molar-refractivity contribution in [1.29, 1.82) is 0 Å². The Bertz CT molecular complexity index is 1980. The van der Waals surface area contributed by atoms with Gasteiger partial charge in [-0.05, 0) is 74.4 Å². The van der Waals surface area contributed by atoms with Gasteiger partial charge in [-0.25, -0.2) is 8.78 Å². The second-order valence-corrected chi connectivity index (χ2v) is 14.6. The molecule has 10 nitrogen and oxygen atoms in total. The van der Waals surface area contributed by atoms with E-state index in [2.05, 4.69) is 14.8 Å². The van der Waals surface area contributed by atoms with Crippen LogP contribution in [0, 0.1) is 12.7 Å². The molecule has 49 heavy (non-hydrogen) atoms. The first-order valence-corrected chi connectivity index (χ1v) is 18.0. The maximum absolute atomic E-state index is 15.2. The van der Waals surface area contributed by atoms with Crippen LogP contribution in [0.5, 0.6) is 17.6 Å². The largest absolute Gasteiger partial charge is 0.467 e. The Morgan fingerprint density at radius 2 is 1.88 bits per heavy atom. The zero-order valence-corrected chi connectivity index (χ0v) is 28.7. The normalized spacial score (nSPS) is 20.8. The number of aromatic nitrogens is 2. The lowest BCUT2D eigenvalue weighted by Gasteiger charge is -2.33. The van der Waals surface area contributed by atoms with Gasteiger partial charge in [0.05, 0.1) is 17.8 Å². The van der Waals surface area contributed by atoms with Crippen molar-refractivity contribution in [2.75, 3.05) is 45.0 Å². The molecular weight excluding hydrogens is 654 g/mol. The average molecular weight is 695 g/mol. The minimum atomic E-state index is -4.24. The molecule has 2 saturated heterocycles. The molecule has 7 rings (SSSR count). The smallest absolute Gasteiger partial charge is 0.340 e. The molecule has 3 aromatic carbocycles. The first-order chi connectivity index (χ1) is 23.6. The van der Waals surface area contributed by atoms with Gasteiger partial charge in [0, 0.05) is 49.3 Å². The molecular formula is C36H40F2N4O6S. The van der Waals surface area contributed by atoms with Gasteiger partial charge in [-0.1, -0.05) is 30.7 Å². The minimum absolute atomic E-state index is 0.000684. The van der Waals surface area contributed by atoms with Gasteiger partial charge in [-0.15, -0.1) is 0 Å².